The van der Waals surface area contributed by atoms with Crippen LogP contribution in [0.1, 0.15) is 0 Å². The Morgan fingerprint density at radius 1 is 0.352 bits per heavy atom. The van der Waals surface area contributed by atoms with Crippen molar-refractivity contribution in [3.63, 3.8) is 0 Å². The van der Waals surface area contributed by atoms with Crippen LogP contribution in [0, 0.1) is 0 Å². The Morgan fingerprint density at radius 2 is 0.963 bits per heavy atom. The van der Waals surface area contributed by atoms with E-state index in [-0.39, 0.29) is 0 Å². The van der Waals surface area contributed by atoms with E-state index in [2.05, 4.69) is 203 Å². The zero-order chi connectivity index (χ0) is 35.6. The smallest absolute Gasteiger partial charge is 0.160 e. The zero-order valence-electron chi connectivity index (χ0n) is 29.3. The summed E-state index contributed by atoms with van der Waals surface area (Å²) in [5.74, 6) is 0.706. The molecule has 0 N–H and O–H groups in total. The largest absolute Gasteiger partial charge is 0.317 e. The predicted octanol–water partition coefficient (Wildman–Crippen LogP) is 12.8. The van der Waals surface area contributed by atoms with Gasteiger partial charge in [-0.15, -0.1) is 0 Å². The minimum Gasteiger partial charge on any atom is -0.317 e. The van der Waals surface area contributed by atoms with Crippen molar-refractivity contribution in [2.75, 3.05) is 0 Å². The van der Waals surface area contributed by atoms with Crippen LogP contribution >= 0.6 is 0 Å². The molecule has 0 saturated carbocycles. The van der Waals surface area contributed by atoms with Crippen molar-refractivity contribution in [1.82, 2.24) is 19.1 Å². The fourth-order valence-corrected chi connectivity index (χ4v) is 8.32. The highest BCUT2D eigenvalue weighted by atomic mass is 15.0. The first-order valence-electron chi connectivity index (χ1n) is 18.3. The molecule has 3 heterocycles. The van der Waals surface area contributed by atoms with Gasteiger partial charge in [0.25, 0.3) is 0 Å². The van der Waals surface area contributed by atoms with Gasteiger partial charge in [0.05, 0.1) is 27.8 Å². The second-order valence-corrected chi connectivity index (χ2v) is 13.8. The molecule has 11 aromatic rings. The molecule has 0 bridgehead atoms. The average Bonchev–Trinajstić information content (AvgIpc) is 3.83. The quantitative estimate of drug-likeness (QED) is 0.180. The van der Waals surface area contributed by atoms with E-state index in [4.69, 9.17) is 9.97 Å². The topological polar surface area (TPSA) is 35.6 Å². The van der Waals surface area contributed by atoms with Crippen molar-refractivity contribution >= 4 is 54.4 Å². The summed E-state index contributed by atoms with van der Waals surface area (Å²) in [5, 5.41) is 7.15. The number of benzene rings is 8. The standard InChI is InChI=1S/C50H32N4/c1-3-13-33(14-4-1)37-27-28-40(39-18-8-7-17-38(37)39)49-41-19-9-11-21-44(41)51-50(52-49)34-23-25-36(26-24-34)54-46-22-12-10-20-42(46)48-43-31-32-53(35-15-5-2-6-16-35)45(43)29-30-47(48)54/h1-32H. The lowest BCUT2D eigenvalue weighted by molar-refractivity contribution is 1.13. The van der Waals surface area contributed by atoms with E-state index < -0.39 is 0 Å². The highest BCUT2D eigenvalue weighted by Gasteiger charge is 2.18. The minimum absolute atomic E-state index is 0.706. The molecule has 11 rings (SSSR count). The molecule has 0 unspecified atom stereocenters. The molecule has 4 nitrogen and oxygen atoms in total. The third kappa shape index (κ3) is 4.70. The summed E-state index contributed by atoms with van der Waals surface area (Å²) < 4.78 is 4.65. The van der Waals surface area contributed by atoms with Gasteiger partial charge in [-0.3, -0.25) is 0 Å². The van der Waals surface area contributed by atoms with Gasteiger partial charge in [-0.1, -0.05) is 121 Å². The monoisotopic (exact) mass is 688 g/mol. The maximum Gasteiger partial charge on any atom is 0.160 e. The van der Waals surface area contributed by atoms with Gasteiger partial charge in [0.2, 0.25) is 0 Å². The van der Waals surface area contributed by atoms with Gasteiger partial charge in [0.15, 0.2) is 5.82 Å². The van der Waals surface area contributed by atoms with Crippen LogP contribution < -0.4 is 0 Å². The lowest BCUT2D eigenvalue weighted by Gasteiger charge is -2.14. The Hall–Kier alpha value is -7.30. The van der Waals surface area contributed by atoms with Crippen molar-refractivity contribution in [2.24, 2.45) is 0 Å². The third-order valence-corrected chi connectivity index (χ3v) is 10.8. The van der Waals surface area contributed by atoms with Crippen molar-refractivity contribution in [2.45, 2.75) is 0 Å². The first-order valence-corrected chi connectivity index (χ1v) is 18.3. The molecule has 0 radical (unpaired) electrons. The van der Waals surface area contributed by atoms with Gasteiger partial charge in [0.1, 0.15) is 0 Å². The van der Waals surface area contributed by atoms with E-state index in [1.54, 1.807) is 0 Å². The summed E-state index contributed by atoms with van der Waals surface area (Å²) in [6.07, 6.45) is 2.18. The van der Waals surface area contributed by atoms with Gasteiger partial charge in [-0.2, -0.15) is 0 Å². The number of para-hydroxylation sites is 3. The van der Waals surface area contributed by atoms with Crippen LogP contribution in [0.4, 0.5) is 0 Å². The van der Waals surface area contributed by atoms with E-state index >= 15 is 0 Å². The van der Waals surface area contributed by atoms with Crippen LogP contribution in [-0.2, 0) is 0 Å². The summed E-state index contributed by atoms with van der Waals surface area (Å²) in [6, 6.07) is 66.8. The molecule has 8 aromatic carbocycles. The number of hydrogen-bond donors (Lipinski definition) is 0. The van der Waals surface area contributed by atoms with Gasteiger partial charge >= 0.3 is 0 Å². The summed E-state index contributed by atoms with van der Waals surface area (Å²) >= 11 is 0. The highest BCUT2D eigenvalue weighted by molar-refractivity contribution is 6.21. The van der Waals surface area contributed by atoms with Crippen LogP contribution in [0.3, 0.4) is 0 Å². The van der Waals surface area contributed by atoms with Crippen molar-refractivity contribution in [1.29, 1.82) is 0 Å². The lowest BCUT2D eigenvalue weighted by Crippen LogP contribution is -1.97. The number of aromatic nitrogens is 4. The first-order chi connectivity index (χ1) is 26.8. The van der Waals surface area contributed by atoms with Gasteiger partial charge < -0.3 is 9.13 Å². The molecule has 0 atom stereocenters. The van der Waals surface area contributed by atoms with E-state index in [9.17, 15) is 0 Å². The van der Waals surface area contributed by atoms with Crippen molar-refractivity contribution in [3.05, 3.63) is 194 Å². The molecule has 252 valence electrons. The molecule has 0 aliphatic carbocycles. The van der Waals surface area contributed by atoms with Crippen LogP contribution in [0.25, 0.3) is 99.5 Å². The summed E-state index contributed by atoms with van der Waals surface area (Å²) in [7, 11) is 0. The molecule has 0 saturated heterocycles. The van der Waals surface area contributed by atoms with Crippen molar-refractivity contribution < 1.29 is 0 Å². The fraction of sp³-hybridized carbons (Fsp3) is 0. The predicted molar refractivity (Wildman–Crippen MR) is 225 cm³/mol. The Balaban J connectivity index is 1.05. The van der Waals surface area contributed by atoms with E-state index in [0.717, 1.165) is 39.1 Å². The van der Waals surface area contributed by atoms with E-state index in [1.165, 1.54) is 54.6 Å². The van der Waals surface area contributed by atoms with Gasteiger partial charge in [0, 0.05) is 50.2 Å². The molecular weight excluding hydrogens is 657 g/mol. The molecule has 0 fully saturated rings. The Kier molecular flexibility index (Phi) is 6.82. The Labute approximate surface area is 311 Å². The maximum atomic E-state index is 5.33. The molecule has 4 heteroatoms. The average molecular weight is 689 g/mol. The normalized spacial score (nSPS) is 11.7. The van der Waals surface area contributed by atoms with Crippen LogP contribution in [0.15, 0.2) is 194 Å². The molecule has 0 amide bonds. The van der Waals surface area contributed by atoms with Gasteiger partial charge in [-0.05, 0) is 88.6 Å². The lowest BCUT2D eigenvalue weighted by atomic mass is 9.93. The van der Waals surface area contributed by atoms with E-state index in [1.807, 2.05) is 0 Å². The minimum atomic E-state index is 0.706. The second-order valence-electron chi connectivity index (χ2n) is 13.8. The fourth-order valence-electron chi connectivity index (χ4n) is 8.32. The highest BCUT2D eigenvalue weighted by Crippen LogP contribution is 2.40. The molecule has 3 aromatic heterocycles. The van der Waals surface area contributed by atoms with E-state index in [0.29, 0.717) is 5.82 Å². The third-order valence-electron chi connectivity index (χ3n) is 10.8. The van der Waals surface area contributed by atoms with Crippen LogP contribution in [0.5, 0.6) is 0 Å². The number of rotatable bonds is 5. The number of nitrogens with zero attached hydrogens (tertiary/aromatic N) is 4. The molecule has 54 heavy (non-hydrogen) atoms. The number of hydrogen-bond acceptors (Lipinski definition) is 2. The SMILES string of the molecule is c1ccc(-c2ccc(-c3nc(-c4ccc(-n5c6ccccc6c6c7ccn(-c8ccccc8)c7ccc65)cc4)nc4ccccc34)c3ccccc23)cc1. The molecular formula is C50H32N4. The second kappa shape index (κ2) is 12.1. The van der Waals surface area contributed by atoms with Gasteiger partial charge in [-0.25, -0.2) is 9.97 Å². The van der Waals surface area contributed by atoms with Crippen LogP contribution in [0.2, 0.25) is 0 Å². The number of fused-ring (bicyclic) bond motifs is 7. The Morgan fingerprint density at radius 3 is 1.76 bits per heavy atom. The maximum absolute atomic E-state index is 5.33. The zero-order valence-corrected chi connectivity index (χ0v) is 29.3. The molecule has 0 spiro atoms. The molecule has 0 aliphatic heterocycles. The molecule has 0 aliphatic rings. The first kappa shape index (κ1) is 30.3. The summed E-state index contributed by atoms with van der Waals surface area (Å²) in [4.78, 5) is 10.4. The van der Waals surface area contributed by atoms with Crippen molar-refractivity contribution in [3.8, 4) is 45.1 Å². The Bertz CT molecular complexity index is 3190. The summed E-state index contributed by atoms with van der Waals surface area (Å²) in [6.45, 7) is 0. The summed E-state index contributed by atoms with van der Waals surface area (Å²) in [5.41, 5.74) is 12.1. The van der Waals surface area contributed by atoms with Crippen LogP contribution in [-0.4, -0.2) is 19.1 Å².